The van der Waals surface area contributed by atoms with Crippen LogP contribution in [0, 0.1) is 13.8 Å². The Morgan fingerprint density at radius 3 is 2.53 bits per heavy atom. The molecule has 5 nitrogen and oxygen atoms in total. The van der Waals surface area contributed by atoms with Crippen LogP contribution in [0.3, 0.4) is 0 Å². The zero-order chi connectivity index (χ0) is 21.3. The van der Waals surface area contributed by atoms with E-state index < -0.39 is 11.8 Å². The molecule has 2 amide bonds. The van der Waals surface area contributed by atoms with Crippen molar-refractivity contribution >= 4 is 52.7 Å². The highest BCUT2D eigenvalue weighted by Crippen LogP contribution is 2.30. The van der Waals surface area contributed by atoms with Crippen molar-refractivity contribution < 1.29 is 14.0 Å². The van der Waals surface area contributed by atoms with Crippen LogP contribution in [0.5, 0.6) is 0 Å². The Balaban J connectivity index is 1.63. The molecule has 0 bridgehead atoms. The van der Waals surface area contributed by atoms with Crippen LogP contribution in [0.25, 0.3) is 6.08 Å². The van der Waals surface area contributed by atoms with E-state index in [0.29, 0.717) is 16.5 Å². The van der Waals surface area contributed by atoms with Gasteiger partial charge in [-0.3, -0.25) is 19.8 Å². The minimum absolute atomic E-state index is 0.0332. The Morgan fingerprint density at radius 1 is 1.03 bits per heavy atom. The smallest absolute Gasteiger partial charge is 0.270 e. The van der Waals surface area contributed by atoms with Crippen LogP contribution in [-0.4, -0.2) is 16.9 Å². The molecule has 1 fully saturated rings. The lowest BCUT2D eigenvalue weighted by Crippen LogP contribution is -2.54. The molecule has 1 aliphatic rings. The molecule has 0 aliphatic carbocycles. The Hall–Kier alpha value is -3.16. The Bertz CT molecular complexity index is 1180. The highest BCUT2D eigenvalue weighted by molar-refractivity contribution is 7.99. The van der Waals surface area contributed by atoms with Crippen molar-refractivity contribution in [1.82, 2.24) is 5.32 Å². The van der Waals surface area contributed by atoms with Crippen LogP contribution in [0.15, 0.2) is 80.6 Å². The fraction of sp³-hybridized carbons (Fsp3) is 0.0870. The molecule has 0 spiro atoms. The maximum atomic E-state index is 13.1. The van der Waals surface area contributed by atoms with E-state index in [4.69, 9.17) is 16.6 Å². The number of aryl methyl sites for hydroxylation is 2. The predicted molar refractivity (Wildman–Crippen MR) is 121 cm³/mol. The first kappa shape index (κ1) is 20.1. The summed E-state index contributed by atoms with van der Waals surface area (Å²) in [6, 6.07) is 19.0. The Morgan fingerprint density at radius 2 is 1.80 bits per heavy atom. The van der Waals surface area contributed by atoms with Gasteiger partial charge in [-0.2, -0.15) is 0 Å². The highest BCUT2D eigenvalue weighted by Gasteiger charge is 2.35. The number of rotatable bonds is 4. The van der Waals surface area contributed by atoms with Crippen LogP contribution in [0.1, 0.15) is 16.9 Å². The molecule has 2 heterocycles. The predicted octanol–water partition coefficient (Wildman–Crippen LogP) is 4.88. The molecule has 3 aromatic rings. The molecule has 2 aromatic carbocycles. The van der Waals surface area contributed by atoms with Gasteiger partial charge < -0.3 is 4.42 Å². The third-order valence-corrected chi connectivity index (χ3v) is 5.76. The number of amides is 2. The molecule has 1 saturated heterocycles. The summed E-state index contributed by atoms with van der Waals surface area (Å²) in [4.78, 5) is 28.0. The number of benzene rings is 2. The van der Waals surface area contributed by atoms with Gasteiger partial charge in [0, 0.05) is 4.90 Å². The van der Waals surface area contributed by atoms with E-state index in [2.05, 4.69) is 5.32 Å². The average Bonchev–Trinajstić information content (AvgIpc) is 3.14. The maximum Gasteiger partial charge on any atom is 0.270 e. The molecule has 0 saturated carbocycles. The Labute approximate surface area is 183 Å². The third kappa shape index (κ3) is 4.08. The van der Waals surface area contributed by atoms with Crippen molar-refractivity contribution in [2.45, 2.75) is 23.8 Å². The summed E-state index contributed by atoms with van der Waals surface area (Å²) in [6.45, 7) is 3.87. The van der Waals surface area contributed by atoms with Crippen molar-refractivity contribution in [2.24, 2.45) is 0 Å². The molecule has 1 aliphatic heterocycles. The number of nitrogens with one attached hydrogen (secondary N) is 1. The first-order valence-corrected chi connectivity index (χ1v) is 10.5. The van der Waals surface area contributed by atoms with Crippen LogP contribution in [0.4, 0.5) is 5.69 Å². The fourth-order valence-electron chi connectivity index (χ4n) is 3.15. The zero-order valence-electron chi connectivity index (χ0n) is 16.3. The van der Waals surface area contributed by atoms with Gasteiger partial charge in [-0.1, -0.05) is 47.7 Å². The highest BCUT2D eigenvalue weighted by atomic mass is 32.2. The summed E-state index contributed by atoms with van der Waals surface area (Å²) in [5.74, 6) is -0.607. The quantitative estimate of drug-likeness (QED) is 0.360. The SMILES string of the molecule is Cc1ccc(N2C(=O)/C(=C/c3ccc(Sc4ccccc4)o3)C(=O)NC2=S)c(C)c1. The minimum atomic E-state index is -0.542. The zero-order valence-corrected chi connectivity index (χ0v) is 18.0. The second-order valence-electron chi connectivity index (χ2n) is 6.82. The van der Waals surface area contributed by atoms with Crippen LogP contribution < -0.4 is 10.2 Å². The maximum absolute atomic E-state index is 13.1. The van der Waals surface area contributed by atoms with Gasteiger partial charge in [-0.15, -0.1) is 0 Å². The monoisotopic (exact) mass is 434 g/mol. The standard InChI is InChI=1S/C23H18N2O3S2/c1-14-8-10-19(15(2)12-14)25-22(27)18(21(26)24-23(25)29)13-16-9-11-20(28-16)30-17-6-4-3-5-7-17/h3-13H,1-2H3,(H,24,26,29)/b18-13+. The molecule has 30 heavy (non-hydrogen) atoms. The number of furan rings is 1. The van der Waals surface area contributed by atoms with E-state index in [-0.39, 0.29) is 10.7 Å². The summed E-state index contributed by atoms with van der Waals surface area (Å²) in [5.41, 5.74) is 2.57. The number of nitrogens with zero attached hydrogens (tertiary/aromatic N) is 1. The lowest BCUT2D eigenvalue weighted by Gasteiger charge is -2.30. The van der Waals surface area contributed by atoms with Crippen molar-refractivity contribution in [3.8, 4) is 0 Å². The number of hydrogen-bond donors (Lipinski definition) is 1. The summed E-state index contributed by atoms with van der Waals surface area (Å²) in [7, 11) is 0. The first-order valence-electron chi connectivity index (χ1n) is 9.24. The largest absolute Gasteiger partial charge is 0.450 e. The van der Waals surface area contributed by atoms with E-state index in [1.807, 2.05) is 68.4 Å². The van der Waals surface area contributed by atoms with E-state index in [1.165, 1.54) is 22.7 Å². The Kier molecular flexibility index (Phi) is 5.57. The summed E-state index contributed by atoms with van der Waals surface area (Å²) < 4.78 is 5.80. The molecule has 150 valence electrons. The van der Waals surface area contributed by atoms with Crippen molar-refractivity contribution in [3.63, 3.8) is 0 Å². The molecule has 0 radical (unpaired) electrons. The van der Waals surface area contributed by atoms with E-state index >= 15 is 0 Å². The van der Waals surface area contributed by atoms with Gasteiger partial charge in [-0.05, 0) is 68.0 Å². The van der Waals surface area contributed by atoms with E-state index in [0.717, 1.165) is 16.0 Å². The van der Waals surface area contributed by atoms with Gasteiger partial charge in [0.25, 0.3) is 11.8 Å². The second-order valence-corrected chi connectivity index (χ2v) is 8.28. The minimum Gasteiger partial charge on any atom is -0.450 e. The summed E-state index contributed by atoms with van der Waals surface area (Å²) in [5, 5.41) is 3.33. The molecular weight excluding hydrogens is 416 g/mol. The number of thiocarbonyl (C=S) groups is 1. The van der Waals surface area contributed by atoms with Gasteiger partial charge in [0.05, 0.1) is 5.69 Å². The fourth-order valence-corrected chi connectivity index (χ4v) is 4.22. The van der Waals surface area contributed by atoms with Gasteiger partial charge in [-0.25, -0.2) is 0 Å². The molecular formula is C23H18N2O3S2. The topological polar surface area (TPSA) is 62.6 Å². The normalized spacial score (nSPS) is 15.6. The third-order valence-electron chi connectivity index (χ3n) is 4.55. The molecule has 4 rings (SSSR count). The van der Waals surface area contributed by atoms with Gasteiger partial charge >= 0.3 is 0 Å². The number of hydrogen-bond acceptors (Lipinski definition) is 5. The second kappa shape index (κ2) is 8.30. The molecule has 7 heteroatoms. The van der Waals surface area contributed by atoms with Crippen molar-refractivity contribution in [3.05, 3.63) is 83.1 Å². The van der Waals surface area contributed by atoms with Gasteiger partial charge in [0.2, 0.25) is 0 Å². The molecule has 1 N–H and O–H groups in total. The molecule has 1 aromatic heterocycles. The van der Waals surface area contributed by atoms with Crippen LogP contribution in [-0.2, 0) is 9.59 Å². The van der Waals surface area contributed by atoms with Gasteiger partial charge in [0.15, 0.2) is 10.2 Å². The van der Waals surface area contributed by atoms with Gasteiger partial charge in [0.1, 0.15) is 11.3 Å². The van der Waals surface area contributed by atoms with E-state index in [9.17, 15) is 9.59 Å². The summed E-state index contributed by atoms with van der Waals surface area (Å²) >= 11 is 6.73. The molecule has 0 atom stereocenters. The average molecular weight is 435 g/mol. The van der Waals surface area contributed by atoms with Crippen molar-refractivity contribution in [2.75, 3.05) is 4.90 Å². The van der Waals surface area contributed by atoms with Crippen molar-refractivity contribution in [1.29, 1.82) is 0 Å². The first-order chi connectivity index (χ1) is 14.4. The number of anilines is 1. The van der Waals surface area contributed by atoms with E-state index in [1.54, 1.807) is 6.07 Å². The summed E-state index contributed by atoms with van der Waals surface area (Å²) in [6.07, 6.45) is 1.45. The van der Waals surface area contributed by atoms with Crippen LogP contribution >= 0.6 is 24.0 Å². The lowest BCUT2D eigenvalue weighted by molar-refractivity contribution is -0.122. The number of carbonyl (C=O) groups is 2. The van der Waals surface area contributed by atoms with Crippen LogP contribution in [0.2, 0.25) is 0 Å². The molecule has 0 unspecified atom stereocenters. The lowest BCUT2D eigenvalue weighted by atomic mass is 10.1. The number of carbonyl (C=O) groups excluding carboxylic acids is 2.